The fourth-order valence-electron chi connectivity index (χ4n) is 2.72. The number of aromatic nitrogens is 1. The van der Waals surface area contributed by atoms with Crippen molar-refractivity contribution in [1.29, 1.82) is 0 Å². The first-order valence-electron chi connectivity index (χ1n) is 7.19. The fourth-order valence-corrected chi connectivity index (χ4v) is 2.72. The Hall–Kier alpha value is -1.62. The Morgan fingerprint density at radius 1 is 1.55 bits per heavy atom. The first-order valence-corrected chi connectivity index (χ1v) is 7.19. The third-order valence-electron chi connectivity index (χ3n) is 4.00. The fraction of sp³-hybridized carbons (Fsp3) is 0.600. The van der Waals surface area contributed by atoms with E-state index in [1.165, 1.54) is 12.8 Å². The van der Waals surface area contributed by atoms with E-state index in [1.807, 2.05) is 27.0 Å². The molecule has 3 N–H and O–H groups in total. The molecular formula is C15H24N4O. The summed E-state index contributed by atoms with van der Waals surface area (Å²) in [5.41, 5.74) is 7.94. The van der Waals surface area contributed by atoms with Gasteiger partial charge in [-0.15, -0.1) is 0 Å². The van der Waals surface area contributed by atoms with Gasteiger partial charge < -0.3 is 16.0 Å². The van der Waals surface area contributed by atoms with Crippen LogP contribution in [0.15, 0.2) is 6.07 Å². The number of aryl methyl sites for hydroxylation is 2. The van der Waals surface area contributed by atoms with Crippen LogP contribution < -0.4 is 16.0 Å². The van der Waals surface area contributed by atoms with Gasteiger partial charge in [0.1, 0.15) is 5.82 Å². The van der Waals surface area contributed by atoms with Crippen molar-refractivity contribution in [2.75, 3.05) is 31.6 Å². The molecule has 0 aliphatic carbocycles. The van der Waals surface area contributed by atoms with E-state index in [-0.39, 0.29) is 0 Å². The lowest BCUT2D eigenvalue weighted by molar-refractivity contribution is 0.100. The molecule has 1 aliphatic heterocycles. The molecule has 0 aromatic carbocycles. The normalized spacial score (nSPS) is 18.9. The molecule has 1 atom stereocenters. The molecule has 2 heterocycles. The maximum atomic E-state index is 11.6. The highest BCUT2D eigenvalue weighted by Crippen LogP contribution is 2.22. The van der Waals surface area contributed by atoms with Gasteiger partial charge in [0.25, 0.3) is 5.91 Å². The highest BCUT2D eigenvalue weighted by molar-refractivity contribution is 5.98. The lowest BCUT2D eigenvalue weighted by Crippen LogP contribution is -2.37. The molecule has 20 heavy (non-hydrogen) atoms. The van der Waals surface area contributed by atoms with Gasteiger partial charge >= 0.3 is 0 Å². The Morgan fingerprint density at radius 2 is 2.30 bits per heavy atom. The number of carbonyl (C=O) groups is 1. The van der Waals surface area contributed by atoms with Gasteiger partial charge in [0, 0.05) is 19.3 Å². The van der Waals surface area contributed by atoms with E-state index in [1.54, 1.807) is 0 Å². The molecule has 1 aliphatic rings. The zero-order valence-corrected chi connectivity index (χ0v) is 12.6. The number of piperidine rings is 1. The zero-order chi connectivity index (χ0) is 14.7. The molecule has 2 rings (SSSR count). The third kappa shape index (κ3) is 3.28. The average molecular weight is 276 g/mol. The summed E-state index contributed by atoms with van der Waals surface area (Å²) in [6, 6.07) is 1.84. The molecule has 5 heteroatoms. The minimum absolute atomic E-state index is 0.413. The number of nitrogens with two attached hydrogens (primary N) is 1. The van der Waals surface area contributed by atoms with E-state index in [4.69, 9.17) is 5.73 Å². The van der Waals surface area contributed by atoms with Crippen LogP contribution in [0.4, 0.5) is 5.82 Å². The van der Waals surface area contributed by atoms with Crippen LogP contribution in [0.1, 0.15) is 34.5 Å². The van der Waals surface area contributed by atoms with E-state index >= 15 is 0 Å². The van der Waals surface area contributed by atoms with Crippen LogP contribution in [0.2, 0.25) is 0 Å². The van der Waals surface area contributed by atoms with Gasteiger partial charge in [-0.3, -0.25) is 4.79 Å². The van der Waals surface area contributed by atoms with E-state index < -0.39 is 5.91 Å². The summed E-state index contributed by atoms with van der Waals surface area (Å²) >= 11 is 0. The Labute approximate surface area is 120 Å². The molecule has 0 spiro atoms. The van der Waals surface area contributed by atoms with Gasteiger partial charge in [0.2, 0.25) is 0 Å². The number of pyridine rings is 1. The second-order valence-electron chi connectivity index (χ2n) is 5.72. The molecule has 1 aromatic rings. The number of anilines is 1. The second-order valence-corrected chi connectivity index (χ2v) is 5.72. The number of nitrogens with one attached hydrogen (secondary N) is 1. The SMILES string of the molecule is Cc1cc(C(N)=O)c(N(C)C[C@@H]2CCCNC2)nc1C. The van der Waals surface area contributed by atoms with Crippen LogP contribution in [-0.4, -0.2) is 37.6 Å². The minimum atomic E-state index is -0.413. The predicted octanol–water partition coefficient (Wildman–Crippen LogP) is 1.23. The summed E-state index contributed by atoms with van der Waals surface area (Å²) in [5.74, 6) is 0.883. The van der Waals surface area contributed by atoms with Crippen molar-refractivity contribution in [3.8, 4) is 0 Å². The summed E-state index contributed by atoms with van der Waals surface area (Å²) in [4.78, 5) is 18.2. The molecule has 0 bridgehead atoms. The Morgan fingerprint density at radius 3 is 2.90 bits per heavy atom. The minimum Gasteiger partial charge on any atom is -0.365 e. The first-order chi connectivity index (χ1) is 9.49. The molecule has 1 fully saturated rings. The van der Waals surface area contributed by atoms with E-state index in [2.05, 4.69) is 15.2 Å². The highest BCUT2D eigenvalue weighted by Gasteiger charge is 2.20. The second kappa shape index (κ2) is 6.22. The van der Waals surface area contributed by atoms with Crippen LogP contribution in [-0.2, 0) is 0 Å². The predicted molar refractivity (Wildman–Crippen MR) is 81.1 cm³/mol. The molecule has 5 nitrogen and oxygen atoms in total. The lowest BCUT2D eigenvalue weighted by Gasteiger charge is -2.29. The molecule has 0 unspecified atom stereocenters. The molecular weight excluding hydrogens is 252 g/mol. The van der Waals surface area contributed by atoms with Crippen LogP contribution in [0, 0.1) is 19.8 Å². The highest BCUT2D eigenvalue weighted by atomic mass is 16.1. The molecule has 1 amide bonds. The first kappa shape index (κ1) is 14.8. The van der Waals surface area contributed by atoms with Crippen LogP contribution in [0.3, 0.4) is 0 Å². The van der Waals surface area contributed by atoms with Crippen molar-refractivity contribution in [1.82, 2.24) is 10.3 Å². The molecule has 0 radical (unpaired) electrons. The zero-order valence-electron chi connectivity index (χ0n) is 12.6. The molecule has 110 valence electrons. The van der Waals surface area contributed by atoms with Crippen molar-refractivity contribution >= 4 is 11.7 Å². The summed E-state index contributed by atoms with van der Waals surface area (Å²) in [7, 11) is 1.98. The average Bonchev–Trinajstić information content (AvgIpc) is 2.42. The summed E-state index contributed by atoms with van der Waals surface area (Å²) < 4.78 is 0. The van der Waals surface area contributed by atoms with Gasteiger partial charge in [-0.25, -0.2) is 4.98 Å². The third-order valence-corrected chi connectivity index (χ3v) is 4.00. The number of nitrogens with zero attached hydrogens (tertiary/aromatic N) is 2. The maximum Gasteiger partial charge on any atom is 0.252 e. The van der Waals surface area contributed by atoms with Gasteiger partial charge in [-0.2, -0.15) is 0 Å². The van der Waals surface area contributed by atoms with Gasteiger partial charge in [0.15, 0.2) is 0 Å². The molecule has 1 aromatic heterocycles. The van der Waals surface area contributed by atoms with Crippen molar-refractivity contribution in [2.24, 2.45) is 11.7 Å². The Bertz CT molecular complexity index is 495. The van der Waals surface area contributed by atoms with E-state index in [0.717, 1.165) is 30.9 Å². The Kier molecular flexibility index (Phi) is 4.60. The van der Waals surface area contributed by atoms with Crippen LogP contribution in [0.25, 0.3) is 0 Å². The van der Waals surface area contributed by atoms with Gasteiger partial charge in [0.05, 0.1) is 5.56 Å². The van der Waals surface area contributed by atoms with Crippen LogP contribution in [0.5, 0.6) is 0 Å². The van der Waals surface area contributed by atoms with E-state index in [9.17, 15) is 4.79 Å². The number of carbonyl (C=O) groups excluding carboxylic acids is 1. The van der Waals surface area contributed by atoms with Crippen molar-refractivity contribution < 1.29 is 4.79 Å². The molecule has 0 saturated carbocycles. The number of hydrogen-bond acceptors (Lipinski definition) is 4. The van der Waals surface area contributed by atoms with Crippen molar-refractivity contribution in [2.45, 2.75) is 26.7 Å². The largest absolute Gasteiger partial charge is 0.365 e. The van der Waals surface area contributed by atoms with Gasteiger partial charge in [-0.1, -0.05) is 0 Å². The Balaban J connectivity index is 2.21. The van der Waals surface area contributed by atoms with Crippen LogP contribution >= 0.6 is 0 Å². The smallest absolute Gasteiger partial charge is 0.252 e. The standard InChI is InChI=1S/C15H24N4O/c1-10-7-13(14(16)20)15(18-11(10)2)19(3)9-12-5-4-6-17-8-12/h7,12,17H,4-6,8-9H2,1-3H3,(H2,16,20)/t12-/m1/s1. The summed E-state index contributed by atoms with van der Waals surface area (Å²) in [5, 5.41) is 3.41. The van der Waals surface area contributed by atoms with Gasteiger partial charge in [-0.05, 0) is 57.3 Å². The number of hydrogen-bond donors (Lipinski definition) is 2. The monoisotopic (exact) mass is 276 g/mol. The van der Waals surface area contributed by atoms with E-state index in [0.29, 0.717) is 17.3 Å². The number of rotatable bonds is 4. The lowest BCUT2D eigenvalue weighted by atomic mass is 9.99. The quantitative estimate of drug-likeness (QED) is 0.868. The van der Waals surface area contributed by atoms with Crippen molar-refractivity contribution in [3.05, 3.63) is 22.9 Å². The topological polar surface area (TPSA) is 71.2 Å². The summed E-state index contributed by atoms with van der Waals surface area (Å²) in [6.45, 7) is 6.93. The summed E-state index contributed by atoms with van der Waals surface area (Å²) in [6.07, 6.45) is 2.43. The number of amides is 1. The van der Waals surface area contributed by atoms with Crippen molar-refractivity contribution in [3.63, 3.8) is 0 Å². The number of primary amides is 1. The maximum absolute atomic E-state index is 11.6. The molecule has 1 saturated heterocycles.